The summed E-state index contributed by atoms with van der Waals surface area (Å²) < 4.78 is 0. The van der Waals surface area contributed by atoms with Crippen LogP contribution in [0, 0.1) is 11.3 Å². The minimum atomic E-state index is 0.102. The molecular formula is C11H10N2O. The quantitative estimate of drug-likeness (QED) is 0.663. The highest BCUT2D eigenvalue weighted by Crippen LogP contribution is 2.30. The van der Waals surface area contributed by atoms with Crippen LogP contribution in [0.1, 0.15) is 11.1 Å². The van der Waals surface area contributed by atoms with Crippen LogP contribution in [0.3, 0.4) is 0 Å². The van der Waals surface area contributed by atoms with Crippen LogP contribution in [-0.2, 0) is 17.6 Å². The number of hydrogen-bond donors (Lipinski definition) is 0. The van der Waals surface area contributed by atoms with E-state index >= 15 is 0 Å². The fraction of sp³-hybridized carbons (Fsp3) is 0.273. The third-order valence-electron chi connectivity index (χ3n) is 2.58. The molecule has 0 saturated carbocycles. The summed E-state index contributed by atoms with van der Waals surface area (Å²) in [4.78, 5) is 13.1. The summed E-state index contributed by atoms with van der Waals surface area (Å²) in [5, 5.41) is 8.63. The molecule has 0 N–H and O–H groups in total. The normalized spacial score (nSPS) is 14.0. The number of carbonyl (C=O) groups excluding carboxylic acids is 1. The van der Waals surface area contributed by atoms with Crippen LogP contribution in [0.15, 0.2) is 18.2 Å². The molecular weight excluding hydrogens is 176 g/mol. The molecule has 0 unspecified atom stereocenters. The van der Waals surface area contributed by atoms with Gasteiger partial charge < -0.3 is 4.90 Å². The summed E-state index contributed by atoms with van der Waals surface area (Å²) in [5.41, 5.74) is 2.94. The molecule has 2 rings (SSSR count). The second kappa shape index (κ2) is 3.15. The fourth-order valence-electron chi connectivity index (χ4n) is 1.79. The van der Waals surface area contributed by atoms with Crippen molar-refractivity contribution in [2.75, 3.05) is 11.9 Å². The lowest BCUT2D eigenvalue weighted by Gasteiger charge is -2.10. The molecule has 1 aliphatic heterocycles. The van der Waals surface area contributed by atoms with Crippen LogP contribution in [0.25, 0.3) is 0 Å². The van der Waals surface area contributed by atoms with Crippen molar-refractivity contribution in [1.29, 1.82) is 5.26 Å². The number of carbonyl (C=O) groups is 1. The minimum absolute atomic E-state index is 0.102. The van der Waals surface area contributed by atoms with Crippen LogP contribution in [0.2, 0.25) is 0 Å². The highest BCUT2D eigenvalue weighted by atomic mass is 16.2. The maximum atomic E-state index is 11.4. The van der Waals surface area contributed by atoms with Crippen LogP contribution < -0.4 is 4.90 Å². The summed E-state index contributed by atoms with van der Waals surface area (Å²) in [6.07, 6.45) is 0.813. The van der Waals surface area contributed by atoms with Crippen molar-refractivity contribution >= 4 is 11.6 Å². The molecule has 3 nitrogen and oxygen atoms in total. The van der Waals surface area contributed by atoms with E-state index in [4.69, 9.17) is 5.26 Å². The van der Waals surface area contributed by atoms with Crippen molar-refractivity contribution in [2.45, 2.75) is 12.8 Å². The molecule has 1 aliphatic rings. The Bertz CT molecular complexity index is 431. The number of anilines is 1. The van der Waals surface area contributed by atoms with Crippen LogP contribution >= 0.6 is 0 Å². The number of likely N-dealkylation sites (N-methyl/N-ethyl adjacent to an activating group) is 1. The van der Waals surface area contributed by atoms with Gasteiger partial charge in [-0.15, -0.1) is 0 Å². The molecule has 1 amide bonds. The topological polar surface area (TPSA) is 44.1 Å². The summed E-state index contributed by atoms with van der Waals surface area (Å²) in [6, 6.07) is 7.83. The molecule has 0 radical (unpaired) electrons. The molecule has 0 bridgehead atoms. The molecule has 1 aromatic rings. The molecule has 3 heteroatoms. The van der Waals surface area contributed by atoms with E-state index in [0.29, 0.717) is 12.8 Å². The number of rotatable bonds is 1. The van der Waals surface area contributed by atoms with Gasteiger partial charge in [0.15, 0.2) is 0 Å². The lowest BCUT2D eigenvalue weighted by molar-refractivity contribution is -0.117. The largest absolute Gasteiger partial charge is 0.315 e. The maximum Gasteiger partial charge on any atom is 0.231 e. The fourth-order valence-corrected chi connectivity index (χ4v) is 1.79. The summed E-state index contributed by atoms with van der Waals surface area (Å²) in [6.45, 7) is 0. The van der Waals surface area contributed by atoms with Crippen LogP contribution in [0.5, 0.6) is 0 Å². The second-order valence-electron chi connectivity index (χ2n) is 3.38. The first kappa shape index (κ1) is 8.76. The van der Waals surface area contributed by atoms with Gasteiger partial charge in [0.2, 0.25) is 5.91 Å². The van der Waals surface area contributed by atoms with E-state index in [0.717, 1.165) is 16.8 Å². The number of nitriles is 1. The van der Waals surface area contributed by atoms with Gasteiger partial charge in [-0.1, -0.05) is 12.1 Å². The molecule has 0 fully saturated rings. The predicted molar refractivity (Wildman–Crippen MR) is 52.9 cm³/mol. The average molecular weight is 186 g/mol. The number of hydrogen-bond acceptors (Lipinski definition) is 2. The lowest BCUT2D eigenvalue weighted by Crippen LogP contribution is -2.20. The maximum absolute atomic E-state index is 11.4. The van der Waals surface area contributed by atoms with Crippen LogP contribution in [0.4, 0.5) is 5.69 Å². The number of benzene rings is 1. The van der Waals surface area contributed by atoms with Gasteiger partial charge >= 0.3 is 0 Å². The molecule has 0 saturated heterocycles. The summed E-state index contributed by atoms with van der Waals surface area (Å²) >= 11 is 0. The van der Waals surface area contributed by atoms with Gasteiger partial charge in [-0.25, -0.2) is 0 Å². The Kier molecular flexibility index (Phi) is 1.97. The van der Waals surface area contributed by atoms with Gasteiger partial charge in [0, 0.05) is 12.7 Å². The van der Waals surface area contributed by atoms with Crippen molar-refractivity contribution in [1.82, 2.24) is 0 Å². The third kappa shape index (κ3) is 1.16. The molecule has 0 aliphatic carbocycles. The molecule has 0 spiro atoms. The molecule has 0 atom stereocenters. The van der Waals surface area contributed by atoms with Gasteiger partial charge in [0.1, 0.15) is 0 Å². The smallest absolute Gasteiger partial charge is 0.231 e. The first-order valence-corrected chi connectivity index (χ1v) is 4.48. The Hall–Kier alpha value is -1.82. The zero-order valence-corrected chi connectivity index (χ0v) is 7.95. The van der Waals surface area contributed by atoms with Crippen LogP contribution in [-0.4, -0.2) is 13.0 Å². The third-order valence-corrected chi connectivity index (χ3v) is 2.58. The summed E-state index contributed by atoms with van der Waals surface area (Å²) in [7, 11) is 1.77. The van der Waals surface area contributed by atoms with Crippen molar-refractivity contribution in [2.24, 2.45) is 0 Å². The zero-order valence-electron chi connectivity index (χ0n) is 7.95. The van der Waals surface area contributed by atoms with Gasteiger partial charge in [-0.2, -0.15) is 5.26 Å². The molecule has 14 heavy (non-hydrogen) atoms. The molecule has 70 valence electrons. The van der Waals surface area contributed by atoms with E-state index in [9.17, 15) is 4.79 Å². The van der Waals surface area contributed by atoms with E-state index in [1.165, 1.54) is 0 Å². The molecule has 1 heterocycles. The number of amides is 1. The van der Waals surface area contributed by atoms with Crippen molar-refractivity contribution in [3.63, 3.8) is 0 Å². The molecule has 1 aromatic carbocycles. The Balaban J connectivity index is 2.51. The van der Waals surface area contributed by atoms with E-state index < -0.39 is 0 Å². The van der Waals surface area contributed by atoms with Gasteiger partial charge in [0.05, 0.1) is 18.9 Å². The standard InChI is InChI=1S/C11H10N2O/c1-13-10-4-2-3-8(5-6-12)9(10)7-11(13)14/h2-4H,5,7H2,1H3. The SMILES string of the molecule is CN1C(=O)Cc2c(CC#N)cccc21. The summed E-state index contributed by atoms with van der Waals surface area (Å²) in [5.74, 6) is 0.102. The highest BCUT2D eigenvalue weighted by Gasteiger charge is 2.25. The van der Waals surface area contributed by atoms with E-state index in [-0.39, 0.29) is 5.91 Å². The van der Waals surface area contributed by atoms with Crippen molar-refractivity contribution < 1.29 is 4.79 Å². The highest BCUT2D eigenvalue weighted by molar-refractivity contribution is 6.01. The monoisotopic (exact) mass is 186 g/mol. The first-order valence-electron chi connectivity index (χ1n) is 4.48. The Labute approximate surface area is 82.6 Å². The van der Waals surface area contributed by atoms with Gasteiger partial charge in [-0.3, -0.25) is 4.79 Å². The lowest BCUT2D eigenvalue weighted by atomic mass is 10.0. The minimum Gasteiger partial charge on any atom is -0.315 e. The van der Waals surface area contributed by atoms with E-state index in [1.807, 2.05) is 18.2 Å². The zero-order chi connectivity index (χ0) is 10.1. The molecule has 0 aromatic heterocycles. The van der Waals surface area contributed by atoms with E-state index in [1.54, 1.807) is 11.9 Å². The first-order chi connectivity index (χ1) is 6.74. The Morgan fingerprint density at radius 2 is 2.36 bits per heavy atom. The van der Waals surface area contributed by atoms with E-state index in [2.05, 4.69) is 6.07 Å². The van der Waals surface area contributed by atoms with Crippen molar-refractivity contribution in [3.8, 4) is 6.07 Å². The van der Waals surface area contributed by atoms with Gasteiger partial charge in [0.25, 0.3) is 0 Å². The van der Waals surface area contributed by atoms with Crippen molar-refractivity contribution in [3.05, 3.63) is 29.3 Å². The Morgan fingerprint density at radius 1 is 1.57 bits per heavy atom. The number of nitrogens with zero attached hydrogens (tertiary/aromatic N) is 2. The van der Waals surface area contributed by atoms with Gasteiger partial charge in [-0.05, 0) is 17.2 Å². The second-order valence-corrected chi connectivity index (χ2v) is 3.38. The Morgan fingerprint density at radius 3 is 3.07 bits per heavy atom. The average Bonchev–Trinajstić information content (AvgIpc) is 2.46. The predicted octanol–water partition coefficient (Wildman–Crippen LogP) is 1.27. The number of fused-ring (bicyclic) bond motifs is 1.